The topological polar surface area (TPSA) is 40.6 Å². The molecule has 1 aliphatic heterocycles. The van der Waals surface area contributed by atoms with E-state index >= 15 is 0 Å². The molecule has 5 heteroatoms. The number of hydrogen-bond donors (Lipinski definition) is 0. The van der Waals surface area contributed by atoms with Gasteiger partial charge in [-0.05, 0) is 36.9 Å². The van der Waals surface area contributed by atoms with Crippen molar-refractivity contribution in [2.24, 2.45) is 0 Å². The van der Waals surface area contributed by atoms with Crippen molar-refractivity contribution in [3.05, 3.63) is 65.2 Å². The highest BCUT2D eigenvalue weighted by Crippen LogP contribution is 2.26. The molecule has 1 atom stereocenters. The molecular formula is C18H17ClN2O2. The normalized spacial score (nSPS) is 18.0. The van der Waals surface area contributed by atoms with E-state index in [9.17, 15) is 9.59 Å². The van der Waals surface area contributed by atoms with Gasteiger partial charge in [-0.25, -0.2) is 4.90 Å². The summed E-state index contributed by atoms with van der Waals surface area (Å²) >= 11 is 5.86. The summed E-state index contributed by atoms with van der Waals surface area (Å²) in [5.74, 6) is -0.363. The Balaban J connectivity index is 1.76. The third kappa shape index (κ3) is 3.28. The third-order valence-corrected chi connectivity index (χ3v) is 4.27. The number of halogens is 1. The lowest BCUT2D eigenvalue weighted by atomic mass is 10.1. The number of nitrogens with zero attached hydrogens (tertiary/aromatic N) is 2. The molecule has 1 saturated heterocycles. The molecule has 2 aromatic rings. The van der Waals surface area contributed by atoms with Crippen LogP contribution in [0.5, 0.6) is 0 Å². The molecule has 0 unspecified atom stereocenters. The predicted octanol–water partition coefficient (Wildman–Crippen LogP) is 3.10. The van der Waals surface area contributed by atoms with Crippen molar-refractivity contribution in [2.75, 3.05) is 11.9 Å². The van der Waals surface area contributed by atoms with Crippen molar-refractivity contribution < 1.29 is 9.59 Å². The summed E-state index contributed by atoms with van der Waals surface area (Å²) in [7, 11) is 1.87. The highest BCUT2D eigenvalue weighted by molar-refractivity contribution is 6.30. The van der Waals surface area contributed by atoms with E-state index in [0.717, 1.165) is 5.56 Å². The zero-order chi connectivity index (χ0) is 16.4. The summed E-state index contributed by atoms with van der Waals surface area (Å²) in [6, 6.07) is 16.2. The van der Waals surface area contributed by atoms with E-state index in [2.05, 4.69) is 0 Å². The Morgan fingerprint density at radius 3 is 2.39 bits per heavy atom. The number of anilines is 1. The number of benzene rings is 2. The standard InChI is InChI=1S/C18H17ClN2O2/c1-20(12-13-5-3-2-4-6-13)16-11-17(22)21(18(16)23)15-9-7-14(19)8-10-15/h2-10,16H,11-12H2,1H3/t16-/m0/s1. The van der Waals surface area contributed by atoms with Crippen LogP contribution in [0.4, 0.5) is 5.69 Å². The second-order valence-electron chi connectivity index (χ2n) is 5.66. The highest BCUT2D eigenvalue weighted by Gasteiger charge is 2.41. The van der Waals surface area contributed by atoms with Gasteiger partial charge in [0.1, 0.15) is 0 Å². The molecule has 23 heavy (non-hydrogen) atoms. The van der Waals surface area contributed by atoms with Gasteiger partial charge in [-0.1, -0.05) is 41.9 Å². The predicted molar refractivity (Wildman–Crippen MR) is 90.3 cm³/mol. The first-order valence-corrected chi connectivity index (χ1v) is 7.80. The van der Waals surface area contributed by atoms with Gasteiger partial charge in [0.15, 0.2) is 0 Å². The average molecular weight is 329 g/mol. The Kier molecular flexibility index (Phi) is 4.46. The number of likely N-dealkylation sites (N-methyl/N-ethyl adjacent to an activating group) is 1. The third-order valence-electron chi connectivity index (χ3n) is 4.01. The van der Waals surface area contributed by atoms with Crippen molar-refractivity contribution in [3.8, 4) is 0 Å². The van der Waals surface area contributed by atoms with Crippen LogP contribution < -0.4 is 4.90 Å². The fourth-order valence-electron chi connectivity index (χ4n) is 2.80. The van der Waals surface area contributed by atoms with Crippen LogP contribution in [0.3, 0.4) is 0 Å². The number of carbonyl (C=O) groups is 2. The van der Waals surface area contributed by atoms with Gasteiger partial charge in [0.2, 0.25) is 5.91 Å². The van der Waals surface area contributed by atoms with Crippen LogP contribution in [-0.2, 0) is 16.1 Å². The molecule has 4 nitrogen and oxygen atoms in total. The maximum absolute atomic E-state index is 12.7. The maximum atomic E-state index is 12.7. The van der Waals surface area contributed by atoms with Crippen LogP contribution >= 0.6 is 11.6 Å². The Labute approximate surface area is 140 Å². The number of hydrogen-bond acceptors (Lipinski definition) is 3. The van der Waals surface area contributed by atoms with Crippen LogP contribution in [0.1, 0.15) is 12.0 Å². The van der Waals surface area contributed by atoms with Gasteiger partial charge in [0.25, 0.3) is 5.91 Å². The van der Waals surface area contributed by atoms with Gasteiger partial charge < -0.3 is 0 Å². The van der Waals surface area contributed by atoms with Gasteiger partial charge in [-0.15, -0.1) is 0 Å². The second-order valence-corrected chi connectivity index (χ2v) is 6.10. The zero-order valence-electron chi connectivity index (χ0n) is 12.8. The van der Waals surface area contributed by atoms with E-state index in [0.29, 0.717) is 17.3 Å². The summed E-state index contributed by atoms with van der Waals surface area (Å²) in [5.41, 5.74) is 1.68. The van der Waals surface area contributed by atoms with Crippen molar-refractivity contribution in [3.63, 3.8) is 0 Å². The van der Waals surface area contributed by atoms with Crippen LogP contribution in [0.2, 0.25) is 5.02 Å². The van der Waals surface area contributed by atoms with Gasteiger partial charge in [0.05, 0.1) is 18.2 Å². The minimum Gasteiger partial charge on any atom is -0.290 e. The number of imide groups is 1. The molecule has 0 aliphatic carbocycles. The molecular weight excluding hydrogens is 312 g/mol. The molecule has 0 radical (unpaired) electrons. The molecule has 0 saturated carbocycles. The van der Waals surface area contributed by atoms with E-state index in [4.69, 9.17) is 11.6 Å². The van der Waals surface area contributed by atoms with E-state index in [-0.39, 0.29) is 18.2 Å². The monoisotopic (exact) mass is 328 g/mol. The molecule has 0 bridgehead atoms. The Morgan fingerprint density at radius 1 is 1.09 bits per heavy atom. The van der Waals surface area contributed by atoms with Crippen LogP contribution in [0, 0.1) is 0 Å². The highest BCUT2D eigenvalue weighted by atomic mass is 35.5. The van der Waals surface area contributed by atoms with Crippen molar-refractivity contribution in [1.82, 2.24) is 4.90 Å². The minimum absolute atomic E-state index is 0.178. The lowest BCUT2D eigenvalue weighted by Crippen LogP contribution is -2.39. The molecule has 1 fully saturated rings. The molecule has 1 aliphatic rings. The van der Waals surface area contributed by atoms with Gasteiger partial charge in [0, 0.05) is 11.6 Å². The summed E-state index contributed by atoms with van der Waals surface area (Å²) in [4.78, 5) is 28.1. The zero-order valence-corrected chi connectivity index (χ0v) is 13.5. The molecule has 118 valence electrons. The first-order valence-electron chi connectivity index (χ1n) is 7.43. The number of rotatable bonds is 4. The maximum Gasteiger partial charge on any atom is 0.251 e. The van der Waals surface area contributed by atoms with Crippen molar-refractivity contribution >= 4 is 29.1 Å². The first-order chi connectivity index (χ1) is 11.1. The summed E-state index contributed by atoms with van der Waals surface area (Å²) in [6.45, 7) is 0.624. The lowest BCUT2D eigenvalue weighted by Gasteiger charge is -2.23. The Morgan fingerprint density at radius 2 is 1.74 bits per heavy atom. The Bertz CT molecular complexity index is 716. The summed E-state index contributed by atoms with van der Waals surface area (Å²) in [6.07, 6.45) is 0.199. The van der Waals surface area contributed by atoms with Crippen LogP contribution in [0.25, 0.3) is 0 Å². The van der Waals surface area contributed by atoms with Crippen LogP contribution in [-0.4, -0.2) is 29.8 Å². The van der Waals surface area contributed by atoms with Crippen LogP contribution in [0.15, 0.2) is 54.6 Å². The number of carbonyl (C=O) groups excluding carboxylic acids is 2. The fraction of sp³-hybridized carbons (Fsp3) is 0.222. The van der Waals surface area contributed by atoms with Crippen molar-refractivity contribution in [2.45, 2.75) is 19.0 Å². The second kappa shape index (κ2) is 6.52. The van der Waals surface area contributed by atoms with Gasteiger partial charge in [-0.3, -0.25) is 14.5 Å². The quantitative estimate of drug-likeness (QED) is 0.810. The van der Waals surface area contributed by atoms with E-state index < -0.39 is 6.04 Å². The number of amides is 2. The van der Waals surface area contributed by atoms with Gasteiger partial charge in [-0.2, -0.15) is 0 Å². The molecule has 1 heterocycles. The molecule has 0 aromatic heterocycles. The largest absolute Gasteiger partial charge is 0.290 e. The van der Waals surface area contributed by atoms with Gasteiger partial charge >= 0.3 is 0 Å². The van der Waals surface area contributed by atoms with E-state index in [1.54, 1.807) is 24.3 Å². The average Bonchev–Trinajstić information content (AvgIpc) is 2.84. The first kappa shape index (κ1) is 15.7. The molecule has 2 amide bonds. The molecule has 0 spiro atoms. The summed E-state index contributed by atoms with van der Waals surface area (Å²) in [5, 5.41) is 0.575. The Hall–Kier alpha value is -2.17. The SMILES string of the molecule is CN(Cc1ccccc1)[C@H]1CC(=O)N(c2ccc(Cl)cc2)C1=O. The molecule has 0 N–H and O–H groups in total. The van der Waals surface area contributed by atoms with Crippen molar-refractivity contribution in [1.29, 1.82) is 0 Å². The van der Waals surface area contributed by atoms with E-state index in [1.807, 2.05) is 42.3 Å². The molecule has 2 aromatic carbocycles. The fourth-order valence-corrected chi connectivity index (χ4v) is 2.93. The lowest BCUT2D eigenvalue weighted by molar-refractivity contribution is -0.122. The molecule has 3 rings (SSSR count). The smallest absolute Gasteiger partial charge is 0.251 e. The van der Waals surface area contributed by atoms with E-state index in [1.165, 1.54) is 4.90 Å². The summed E-state index contributed by atoms with van der Waals surface area (Å²) < 4.78 is 0. The minimum atomic E-state index is -0.432.